The topological polar surface area (TPSA) is 78.2 Å². The lowest BCUT2D eigenvalue weighted by Crippen LogP contribution is -2.11. The quantitative estimate of drug-likeness (QED) is 0.461. The van der Waals surface area contributed by atoms with Crippen LogP contribution in [-0.4, -0.2) is 42.8 Å². The summed E-state index contributed by atoms with van der Waals surface area (Å²) in [5.41, 5.74) is -0.434. The van der Waals surface area contributed by atoms with Gasteiger partial charge in [-0.1, -0.05) is 6.08 Å². The second-order valence-corrected chi connectivity index (χ2v) is 7.09. The fourth-order valence-electron chi connectivity index (χ4n) is 2.96. The molecule has 0 bridgehead atoms. The number of hydrogen-bond donors (Lipinski definition) is 1. The molecule has 0 aliphatic carbocycles. The van der Waals surface area contributed by atoms with Crippen molar-refractivity contribution in [2.24, 2.45) is 0 Å². The second-order valence-electron chi connectivity index (χ2n) is 7.09. The Morgan fingerprint density at radius 3 is 3.03 bits per heavy atom. The van der Waals surface area contributed by atoms with Gasteiger partial charge in [-0.3, -0.25) is 9.78 Å². The van der Waals surface area contributed by atoms with Crippen LogP contribution in [0, 0.1) is 24.1 Å². The fourth-order valence-corrected chi connectivity index (χ4v) is 2.96. The van der Waals surface area contributed by atoms with E-state index in [1.807, 2.05) is 6.07 Å². The molecule has 2 aromatic carbocycles. The molecule has 1 aromatic heterocycles. The van der Waals surface area contributed by atoms with Crippen LogP contribution in [0.5, 0.6) is 5.75 Å². The number of aryl methyl sites for hydroxylation is 1. The van der Waals surface area contributed by atoms with Gasteiger partial charge in [-0.25, -0.2) is 4.39 Å². The molecule has 0 radical (unpaired) electrons. The number of benzene rings is 2. The van der Waals surface area contributed by atoms with Gasteiger partial charge >= 0.3 is 0 Å². The Morgan fingerprint density at radius 2 is 2.33 bits per heavy atom. The van der Waals surface area contributed by atoms with E-state index in [1.165, 1.54) is 32.2 Å². The Morgan fingerprint density at radius 1 is 1.52 bits per heavy atom. The number of ether oxygens (including phenoxy) is 1. The van der Waals surface area contributed by atoms with Crippen LogP contribution in [0.25, 0.3) is 10.9 Å². The van der Waals surface area contributed by atoms with Gasteiger partial charge < -0.3 is 15.0 Å². The van der Waals surface area contributed by atoms with Gasteiger partial charge in [-0.15, -0.1) is 0 Å². The third kappa shape index (κ3) is 5.93. The summed E-state index contributed by atoms with van der Waals surface area (Å²) in [4.78, 5) is 18.0. The van der Waals surface area contributed by atoms with Gasteiger partial charge in [-0.05, 0) is 63.7 Å². The summed E-state index contributed by atoms with van der Waals surface area (Å²) in [6.07, 6.45) is -0.187. The standard InChI is InChI=1S/C26H27FN4O2/c1-5-33-25-14-24-22(13-18(25)12-21(32)7-6-10-31(3)4)26(19(15-28)16-29-24)30-20-8-9-23(27)17(2)11-20/h6-9,11,13-14,16H,5,10,12H2,1-4H3,(H,29,30)/b7-6+/i3D3,5D2,7D,13D,14D,16D. The molecule has 1 N–H and O–H groups in total. The van der Waals surface area contributed by atoms with E-state index in [0.717, 1.165) is 17.9 Å². The first-order valence-corrected chi connectivity index (χ1v) is 9.85. The number of ketones is 1. The number of nitrogens with one attached hydrogen (secondary N) is 1. The van der Waals surface area contributed by atoms with Crippen LogP contribution in [-0.2, 0) is 11.2 Å². The van der Waals surface area contributed by atoms with Gasteiger partial charge in [0.1, 0.15) is 17.6 Å². The predicted octanol–water partition coefficient (Wildman–Crippen LogP) is 4.93. The lowest BCUT2D eigenvalue weighted by atomic mass is 10.0. The van der Waals surface area contributed by atoms with E-state index >= 15 is 0 Å². The molecule has 0 aliphatic heterocycles. The molecule has 0 amide bonds. The highest BCUT2D eigenvalue weighted by Gasteiger charge is 2.16. The third-order valence-corrected chi connectivity index (χ3v) is 4.51. The highest BCUT2D eigenvalue weighted by atomic mass is 19.1. The Bertz CT molecular complexity index is 1630. The van der Waals surface area contributed by atoms with Crippen LogP contribution in [0.15, 0.2) is 48.6 Å². The van der Waals surface area contributed by atoms with Crippen LogP contribution in [0.3, 0.4) is 0 Å². The number of anilines is 2. The molecule has 6 nitrogen and oxygen atoms in total. The normalized spacial score (nSPS) is 16.2. The molecule has 0 saturated carbocycles. The van der Waals surface area contributed by atoms with Crippen molar-refractivity contribution in [1.82, 2.24) is 9.88 Å². The van der Waals surface area contributed by atoms with Crippen molar-refractivity contribution in [2.75, 3.05) is 32.4 Å². The minimum Gasteiger partial charge on any atom is -0.494 e. The molecule has 3 aromatic rings. The van der Waals surface area contributed by atoms with Crippen LogP contribution in [0.2, 0.25) is 0 Å². The first kappa shape index (κ1) is 14.4. The Labute approximate surface area is 206 Å². The Hall–Kier alpha value is -3.76. The second kappa shape index (κ2) is 10.7. The van der Waals surface area contributed by atoms with E-state index in [-0.39, 0.29) is 39.8 Å². The third-order valence-electron chi connectivity index (χ3n) is 4.51. The fraction of sp³-hybridized carbons (Fsp3) is 0.269. The molecular weight excluding hydrogens is 419 g/mol. The van der Waals surface area contributed by atoms with E-state index in [0.29, 0.717) is 5.69 Å². The molecule has 0 unspecified atom stereocenters. The van der Waals surface area contributed by atoms with E-state index in [2.05, 4.69) is 10.3 Å². The summed E-state index contributed by atoms with van der Waals surface area (Å²) in [5.74, 6) is -1.88. The molecule has 0 fully saturated rings. The number of carbonyl (C=O) groups is 1. The van der Waals surface area contributed by atoms with E-state index in [1.54, 1.807) is 0 Å². The monoisotopic (exact) mass is 455 g/mol. The van der Waals surface area contributed by atoms with Crippen LogP contribution < -0.4 is 10.1 Å². The molecule has 33 heavy (non-hydrogen) atoms. The summed E-state index contributed by atoms with van der Waals surface area (Å²) in [7, 11) is 1.28. The first-order chi connectivity index (χ1) is 19.4. The summed E-state index contributed by atoms with van der Waals surface area (Å²) in [6.45, 7) is -2.55. The summed E-state index contributed by atoms with van der Waals surface area (Å²) >= 11 is 0. The maximum absolute atomic E-state index is 13.9. The zero-order valence-corrected chi connectivity index (χ0v) is 18.3. The van der Waals surface area contributed by atoms with Gasteiger partial charge in [0.15, 0.2) is 5.78 Å². The number of likely N-dealkylation sites (N-methyl/N-ethyl adjacent to an activating group) is 1. The van der Waals surface area contributed by atoms with Crippen molar-refractivity contribution in [3.05, 3.63) is 71.1 Å². The first-order valence-electron chi connectivity index (χ1n) is 14.4. The number of hydrogen-bond acceptors (Lipinski definition) is 6. The number of nitrogens with zero attached hydrogens (tertiary/aromatic N) is 3. The maximum Gasteiger partial charge on any atom is 0.159 e. The van der Waals surface area contributed by atoms with E-state index < -0.39 is 61.6 Å². The number of pyridine rings is 1. The van der Waals surface area contributed by atoms with Gasteiger partial charge in [0, 0.05) is 45.9 Å². The molecule has 7 heteroatoms. The Kier molecular flexibility index (Phi) is 4.67. The van der Waals surface area contributed by atoms with Crippen molar-refractivity contribution < 1.29 is 26.3 Å². The molecule has 1 heterocycles. The molecular formula is C26H27FN4O2. The van der Waals surface area contributed by atoms with Crippen molar-refractivity contribution in [3.8, 4) is 11.8 Å². The van der Waals surface area contributed by atoms with Gasteiger partial charge in [0.25, 0.3) is 0 Å². The molecule has 0 aliphatic rings. The molecule has 170 valence electrons. The lowest BCUT2D eigenvalue weighted by Gasteiger charge is -2.15. The van der Waals surface area contributed by atoms with Crippen molar-refractivity contribution >= 4 is 28.1 Å². The smallest absolute Gasteiger partial charge is 0.159 e. The molecule has 3 rings (SSSR count). The number of halogens is 1. The predicted molar refractivity (Wildman–Crippen MR) is 128 cm³/mol. The van der Waals surface area contributed by atoms with Crippen molar-refractivity contribution in [3.63, 3.8) is 0 Å². The molecule has 0 atom stereocenters. The minimum absolute atomic E-state index is 0.113. The SMILES string of the molecule is [2H]/C(=C\CN(C)C([2H])([2H])[2H])C(=O)Cc1c(OC([2H])([2H])C)c([2H])c2nc([2H])c(C#N)c(Nc3ccc(F)c(C)c3)c2c1[2H]. The van der Waals surface area contributed by atoms with Gasteiger partial charge in [0.2, 0.25) is 0 Å². The van der Waals surface area contributed by atoms with Crippen molar-refractivity contribution in [1.29, 1.82) is 5.26 Å². The molecule has 0 spiro atoms. The highest BCUT2D eigenvalue weighted by Crippen LogP contribution is 2.34. The average Bonchev–Trinajstić information content (AvgIpc) is 2.88. The number of nitriles is 1. The van der Waals surface area contributed by atoms with Crippen LogP contribution in [0.1, 0.15) is 36.0 Å². The summed E-state index contributed by atoms with van der Waals surface area (Å²) < 4.78 is 91.3. The highest BCUT2D eigenvalue weighted by molar-refractivity contribution is 5.98. The Balaban J connectivity index is 2.28. The summed E-state index contributed by atoms with van der Waals surface area (Å²) in [6, 6.07) is 4.18. The van der Waals surface area contributed by atoms with Crippen LogP contribution in [0.4, 0.5) is 15.8 Å². The number of fused-ring (bicyclic) bond motifs is 1. The van der Waals surface area contributed by atoms with Crippen molar-refractivity contribution in [2.45, 2.75) is 20.3 Å². The van der Waals surface area contributed by atoms with E-state index in [4.69, 9.17) is 17.1 Å². The minimum atomic E-state index is -2.46. The number of allylic oxidation sites excluding steroid dienone is 1. The number of carbonyl (C=O) groups excluding carboxylic acids is 1. The summed E-state index contributed by atoms with van der Waals surface area (Å²) in [5, 5.41) is 12.6. The number of aromatic nitrogens is 1. The van der Waals surface area contributed by atoms with Crippen LogP contribution >= 0.6 is 0 Å². The van der Waals surface area contributed by atoms with Gasteiger partial charge in [0.05, 0.1) is 31.6 Å². The maximum atomic E-state index is 13.9. The van der Waals surface area contributed by atoms with E-state index in [9.17, 15) is 14.4 Å². The zero-order chi connectivity index (χ0) is 31.7. The number of rotatable bonds is 9. The molecule has 0 saturated heterocycles. The lowest BCUT2D eigenvalue weighted by molar-refractivity contribution is -0.114. The van der Waals surface area contributed by atoms with Gasteiger partial charge in [-0.2, -0.15) is 5.26 Å². The largest absolute Gasteiger partial charge is 0.494 e. The zero-order valence-electron chi connectivity index (χ0n) is 27.3. The average molecular weight is 456 g/mol.